The monoisotopic (exact) mass is 584 g/mol. The van der Waals surface area contributed by atoms with Gasteiger partial charge in [0.05, 0.1) is 6.16 Å². The van der Waals surface area contributed by atoms with Gasteiger partial charge in [-0.1, -0.05) is 127 Å². The van der Waals surface area contributed by atoms with Gasteiger partial charge in [-0.05, 0) is 80.2 Å². The number of hydrogen-bond donors (Lipinski definition) is 0. The molecule has 1 aliphatic rings. The summed E-state index contributed by atoms with van der Waals surface area (Å²) >= 11 is 0. The summed E-state index contributed by atoms with van der Waals surface area (Å²) < 4.78 is 0. The molecular weight excluding hydrogens is 549 g/mol. The molecule has 7 aromatic carbocycles. The first kappa shape index (κ1) is 27.0. The molecule has 1 heterocycles. The third kappa shape index (κ3) is 4.65. The van der Waals surface area contributed by atoms with Crippen LogP contribution < -0.4 is 15.9 Å². The van der Waals surface area contributed by atoms with Crippen LogP contribution in [-0.2, 0) is 13.1 Å². The minimum absolute atomic E-state index is 0.932. The Morgan fingerprint density at radius 2 is 0.795 bits per heavy atom. The predicted octanol–water partition coefficient (Wildman–Crippen LogP) is 8.97. The zero-order valence-electron chi connectivity index (χ0n) is 24.8. The standard InChI is InChI=1S/C42H35NP/c1-4-16-36(17-5-1)44(37-18-6-2-7-19-37,38-20-8-3-9-21-38)29-28-43-30-34-26-24-32-14-10-12-22-39(32)41(34)42-35(31-43)27-25-33-15-11-13-23-40(33)42/h1-27H,28-31H2/q+1. The van der Waals surface area contributed by atoms with Crippen molar-refractivity contribution < 1.29 is 0 Å². The zero-order valence-corrected chi connectivity index (χ0v) is 25.7. The number of rotatable bonds is 6. The molecule has 0 bridgehead atoms. The van der Waals surface area contributed by atoms with Gasteiger partial charge in [0.1, 0.15) is 23.2 Å². The summed E-state index contributed by atoms with van der Waals surface area (Å²) in [5, 5.41) is 9.66. The van der Waals surface area contributed by atoms with Crippen molar-refractivity contribution in [2.75, 3.05) is 12.7 Å². The number of hydrogen-bond acceptors (Lipinski definition) is 1. The fourth-order valence-corrected chi connectivity index (χ4v) is 11.7. The van der Waals surface area contributed by atoms with Gasteiger partial charge in [-0.3, -0.25) is 4.90 Å². The van der Waals surface area contributed by atoms with E-state index in [1.165, 1.54) is 59.7 Å². The van der Waals surface area contributed by atoms with Gasteiger partial charge in [-0.15, -0.1) is 0 Å². The van der Waals surface area contributed by atoms with Crippen molar-refractivity contribution in [3.05, 3.63) is 175 Å². The highest BCUT2D eigenvalue weighted by molar-refractivity contribution is 7.95. The highest BCUT2D eigenvalue weighted by atomic mass is 31.2. The van der Waals surface area contributed by atoms with E-state index in [4.69, 9.17) is 0 Å². The summed E-state index contributed by atoms with van der Waals surface area (Å²) in [5.41, 5.74) is 5.66. The van der Waals surface area contributed by atoms with E-state index in [0.29, 0.717) is 0 Å². The second kappa shape index (κ2) is 11.5. The Labute approximate surface area is 260 Å². The van der Waals surface area contributed by atoms with Gasteiger partial charge in [0.25, 0.3) is 0 Å². The van der Waals surface area contributed by atoms with E-state index in [1.807, 2.05) is 0 Å². The lowest BCUT2D eigenvalue weighted by molar-refractivity contribution is 0.276. The maximum Gasteiger partial charge on any atom is 0.113 e. The highest BCUT2D eigenvalue weighted by Gasteiger charge is 2.45. The summed E-state index contributed by atoms with van der Waals surface area (Å²) in [4.78, 5) is 2.71. The summed E-state index contributed by atoms with van der Waals surface area (Å²) in [6.45, 7) is 2.87. The molecule has 0 amide bonds. The van der Waals surface area contributed by atoms with Crippen LogP contribution in [-0.4, -0.2) is 17.6 Å². The van der Waals surface area contributed by atoms with Gasteiger partial charge in [-0.25, -0.2) is 0 Å². The second-order valence-corrected chi connectivity index (χ2v) is 15.5. The summed E-state index contributed by atoms with van der Waals surface area (Å²) in [6, 6.07) is 61.1. The van der Waals surface area contributed by atoms with E-state index in [-0.39, 0.29) is 0 Å². The van der Waals surface area contributed by atoms with Gasteiger partial charge in [-0.2, -0.15) is 0 Å². The van der Waals surface area contributed by atoms with Crippen LogP contribution in [0.1, 0.15) is 11.1 Å². The largest absolute Gasteiger partial charge is 0.291 e. The lowest BCUT2D eigenvalue weighted by Gasteiger charge is -2.30. The molecule has 0 saturated heterocycles. The minimum atomic E-state index is -1.92. The van der Waals surface area contributed by atoms with Crippen molar-refractivity contribution in [1.82, 2.24) is 4.90 Å². The normalized spacial score (nSPS) is 13.4. The molecule has 1 nitrogen and oxygen atoms in total. The van der Waals surface area contributed by atoms with Crippen LogP contribution in [0.5, 0.6) is 0 Å². The average Bonchev–Trinajstić information content (AvgIpc) is 3.27. The van der Waals surface area contributed by atoms with E-state index in [0.717, 1.165) is 25.8 Å². The maximum absolute atomic E-state index is 2.71. The summed E-state index contributed by atoms with van der Waals surface area (Å²) in [7, 11) is -1.92. The zero-order chi connectivity index (χ0) is 29.3. The van der Waals surface area contributed by atoms with Gasteiger partial charge >= 0.3 is 0 Å². The third-order valence-corrected chi connectivity index (χ3v) is 13.8. The van der Waals surface area contributed by atoms with Gasteiger partial charge < -0.3 is 0 Å². The molecule has 0 N–H and O–H groups in total. The lowest BCUT2D eigenvalue weighted by atomic mass is 9.88. The Hall–Kier alpha value is -4.55. The Kier molecular flexibility index (Phi) is 7.07. The molecule has 7 aromatic rings. The van der Waals surface area contributed by atoms with Crippen LogP contribution in [0.3, 0.4) is 0 Å². The molecule has 212 valence electrons. The van der Waals surface area contributed by atoms with Crippen LogP contribution in [0, 0.1) is 0 Å². The Morgan fingerprint density at radius 3 is 1.23 bits per heavy atom. The maximum atomic E-state index is 2.71. The summed E-state index contributed by atoms with van der Waals surface area (Å²) in [6.07, 6.45) is 1.08. The fraction of sp³-hybridized carbons (Fsp3) is 0.0952. The molecule has 0 aliphatic carbocycles. The minimum Gasteiger partial charge on any atom is -0.291 e. The molecular formula is C42H35NP+. The molecule has 0 saturated carbocycles. The van der Waals surface area contributed by atoms with Gasteiger partial charge in [0.15, 0.2) is 0 Å². The second-order valence-electron chi connectivity index (χ2n) is 11.9. The van der Waals surface area contributed by atoms with Crippen molar-refractivity contribution in [2.45, 2.75) is 13.1 Å². The molecule has 44 heavy (non-hydrogen) atoms. The topological polar surface area (TPSA) is 3.24 Å². The molecule has 0 fully saturated rings. The SMILES string of the molecule is c1ccc([P+](CCN2Cc3ccc4ccccc4c3-c3c(ccc4ccccc34)C2)(c2ccccc2)c2ccccc2)cc1. The molecule has 0 atom stereocenters. The van der Waals surface area contributed by atoms with Gasteiger partial charge in [0.2, 0.25) is 0 Å². The molecule has 0 radical (unpaired) electrons. The molecule has 0 spiro atoms. The average molecular weight is 585 g/mol. The first-order chi connectivity index (χ1) is 21.8. The fourth-order valence-electron chi connectivity index (χ4n) is 7.36. The Bertz CT molecular complexity index is 1880. The Morgan fingerprint density at radius 1 is 0.409 bits per heavy atom. The van der Waals surface area contributed by atoms with E-state index in [9.17, 15) is 0 Å². The smallest absolute Gasteiger partial charge is 0.113 e. The van der Waals surface area contributed by atoms with Crippen LogP contribution in [0.25, 0.3) is 32.7 Å². The van der Waals surface area contributed by atoms with Crippen molar-refractivity contribution in [3.8, 4) is 11.1 Å². The Balaban J connectivity index is 1.28. The number of fused-ring (bicyclic) bond motifs is 7. The van der Waals surface area contributed by atoms with E-state index >= 15 is 0 Å². The molecule has 8 rings (SSSR count). The van der Waals surface area contributed by atoms with E-state index < -0.39 is 7.26 Å². The quantitative estimate of drug-likeness (QED) is 0.176. The van der Waals surface area contributed by atoms with Crippen molar-refractivity contribution in [2.24, 2.45) is 0 Å². The van der Waals surface area contributed by atoms with Crippen LogP contribution in [0.15, 0.2) is 164 Å². The van der Waals surface area contributed by atoms with E-state index in [1.54, 1.807) is 0 Å². The third-order valence-electron chi connectivity index (χ3n) is 9.41. The highest BCUT2D eigenvalue weighted by Crippen LogP contribution is 2.55. The van der Waals surface area contributed by atoms with Crippen LogP contribution in [0.4, 0.5) is 0 Å². The van der Waals surface area contributed by atoms with Gasteiger partial charge in [0, 0.05) is 19.6 Å². The van der Waals surface area contributed by atoms with Crippen molar-refractivity contribution >= 4 is 44.7 Å². The molecule has 0 unspecified atom stereocenters. The number of nitrogens with zero attached hydrogens (tertiary/aromatic N) is 1. The lowest BCUT2D eigenvalue weighted by Crippen LogP contribution is -2.37. The first-order valence-corrected chi connectivity index (χ1v) is 17.6. The number of benzene rings is 7. The van der Waals surface area contributed by atoms with E-state index in [2.05, 4.69) is 169 Å². The van der Waals surface area contributed by atoms with Crippen LogP contribution in [0.2, 0.25) is 0 Å². The van der Waals surface area contributed by atoms with Crippen LogP contribution >= 0.6 is 7.26 Å². The summed E-state index contributed by atoms with van der Waals surface area (Å²) in [5.74, 6) is 0. The van der Waals surface area contributed by atoms with Crippen molar-refractivity contribution in [1.29, 1.82) is 0 Å². The molecule has 0 aromatic heterocycles. The molecule has 1 aliphatic heterocycles. The predicted molar refractivity (Wildman–Crippen MR) is 191 cm³/mol. The first-order valence-electron chi connectivity index (χ1n) is 15.6. The molecule has 2 heteroatoms. The van der Waals surface area contributed by atoms with Crippen molar-refractivity contribution in [3.63, 3.8) is 0 Å².